The number of carbonyl (C=O) groups is 2. The predicted octanol–water partition coefficient (Wildman–Crippen LogP) is 4.93. The Bertz CT molecular complexity index is 1030. The van der Waals surface area contributed by atoms with Crippen molar-refractivity contribution < 1.29 is 14.3 Å². The van der Waals surface area contributed by atoms with Crippen LogP contribution < -0.4 is 15.4 Å². The molecule has 0 unspecified atom stereocenters. The predicted molar refractivity (Wildman–Crippen MR) is 126 cm³/mol. The van der Waals surface area contributed by atoms with Crippen LogP contribution in [-0.4, -0.2) is 25.5 Å². The lowest BCUT2D eigenvalue weighted by atomic mass is 10.1. The van der Waals surface area contributed by atoms with Gasteiger partial charge in [-0.3, -0.25) is 9.59 Å². The van der Waals surface area contributed by atoms with Crippen molar-refractivity contribution in [3.05, 3.63) is 92.8 Å². The average Bonchev–Trinajstić information content (AvgIpc) is 3.30. The van der Waals surface area contributed by atoms with Gasteiger partial charge in [-0.15, -0.1) is 11.3 Å². The van der Waals surface area contributed by atoms with Gasteiger partial charge in [0.05, 0.1) is 7.11 Å². The summed E-state index contributed by atoms with van der Waals surface area (Å²) in [4.78, 5) is 26.3. The van der Waals surface area contributed by atoms with Crippen molar-refractivity contribution >= 4 is 40.8 Å². The van der Waals surface area contributed by atoms with E-state index in [0.29, 0.717) is 22.9 Å². The van der Waals surface area contributed by atoms with Gasteiger partial charge in [0.15, 0.2) is 0 Å². The smallest absolute Gasteiger partial charge is 0.267 e. The fourth-order valence-electron chi connectivity index (χ4n) is 2.85. The number of hydrogen-bond donors (Lipinski definition) is 2. The van der Waals surface area contributed by atoms with Crippen molar-refractivity contribution in [1.82, 2.24) is 10.6 Å². The summed E-state index contributed by atoms with van der Waals surface area (Å²) in [7, 11) is 1.56. The zero-order valence-electron chi connectivity index (χ0n) is 17.1. The Morgan fingerprint density at radius 1 is 1.06 bits per heavy atom. The van der Waals surface area contributed by atoms with Crippen molar-refractivity contribution in [1.29, 1.82) is 0 Å². The number of thiophene rings is 1. The van der Waals surface area contributed by atoms with Crippen molar-refractivity contribution in [2.24, 2.45) is 0 Å². The first-order valence-corrected chi connectivity index (χ1v) is 11.0. The number of methoxy groups -OCH3 is 1. The third-order valence-corrected chi connectivity index (χ3v) is 5.59. The van der Waals surface area contributed by atoms with Crippen LogP contribution in [-0.2, 0) is 11.2 Å². The summed E-state index contributed by atoms with van der Waals surface area (Å²) >= 11 is 7.39. The van der Waals surface area contributed by atoms with Crippen LogP contribution in [0.15, 0.2) is 71.7 Å². The SMILES string of the molecule is COc1ccc(C(=O)N/C(=C\c2cccs2)C(=O)NCCCc2ccc(Cl)cc2)cc1. The Balaban J connectivity index is 1.61. The fourth-order valence-corrected chi connectivity index (χ4v) is 3.63. The summed E-state index contributed by atoms with van der Waals surface area (Å²) in [6.45, 7) is 0.488. The van der Waals surface area contributed by atoms with Gasteiger partial charge in [-0.25, -0.2) is 0 Å². The molecule has 0 aliphatic carbocycles. The molecule has 31 heavy (non-hydrogen) atoms. The van der Waals surface area contributed by atoms with E-state index in [-0.39, 0.29) is 17.5 Å². The van der Waals surface area contributed by atoms with E-state index in [1.165, 1.54) is 11.3 Å². The van der Waals surface area contributed by atoms with Crippen LogP contribution >= 0.6 is 22.9 Å². The molecule has 2 aromatic carbocycles. The van der Waals surface area contributed by atoms with Gasteiger partial charge in [-0.05, 0) is 72.3 Å². The minimum atomic E-state index is -0.359. The summed E-state index contributed by atoms with van der Waals surface area (Å²) in [6.07, 6.45) is 3.27. The lowest BCUT2D eigenvalue weighted by Crippen LogP contribution is -2.35. The van der Waals surface area contributed by atoms with Gasteiger partial charge in [0.25, 0.3) is 11.8 Å². The van der Waals surface area contributed by atoms with Crippen molar-refractivity contribution in [2.45, 2.75) is 12.8 Å². The van der Waals surface area contributed by atoms with Gasteiger partial charge < -0.3 is 15.4 Å². The maximum atomic E-state index is 12.8. The van der Waals surface area contributed by atoms with Gasteiger partial charge in [-0.2, -0.15) is 0 Å². The number of hydrogen-bond acceptors (Lipinski definition) is 4. The van der Waals surface area contributed by atoms with Crippen molar-refractivity contribution in [3.63, 3.8) is 0 Å². The van der Waals surface area contributed by atoms with Crippen LogP contribution in [0.2, 0.25) is 5.02 Å². The zero-order chi connectivity index (χ0) is 22.1. The normalized spacial score (nSPS) is 11.1. The lowest BCUT2D eigenvalue weighted by Gasteiger charge is -2.11. The summed E-state index contributed by atoms with van der Waals surface area (Å²) in [5.41, 5.74) is 1.80. The Morgan fingerprint density at radius 2 is 1.81 bits per heavy atom. The minimum absolute atomic E-state index is 0.203. The Hall–Kier alpha value is -3.09. The maximum absolute atomic E-state index is 12.8. The summed E-state index contributed by atoms with van der Waals surface area (Å²) in [5.74, 6) is -0.0301. The molecule has 2 amide bonds. The number of rotatable bonds is 9. The minimum Gasteiger partial charge on any atom is -0.497 e. The topological polar surface area (TPSA) is 67.4 Å². The third-order valence-electron chi connectivity index (χ3n) is 4.52. The number of carbonyl (C=O) groups excluding carboxylic acids is 2. The van der Waals surface area contributed by atoms with E-state index in [4.69, 9.17) is 16.3 Å². The largest absolute Gasteiger partial charge is 0.497 e. The number of aryl methyl sites for hydroxylation is 1. The van der Waals surface area contributed by atoms with Gasteiger partial charge in [-0.1, -0.05) is 29.8 Å². The molecule has 3 rings (SSSR count). The number of ether oxygens (including phenoxy) is 1. The molecule has 0 bridgehead atoms. The van der Waals surface area contributed by atoms with E-state index < -0.39 is 0 Å². The van der Waals surface area contributed by atoms with E-state index in [9.17, 15) is 9.59 Å². The fraction of sp³-hybridized carbons (Fsp3) is 0.167. The number of halogens is 1. The molecular formula is C24H23ClN2O3S. The molecule has 1 aromatic heterocycles. The molecule has 0 saturated carbocycles. The second-order valence-electron chi connectivity index (χ2n) is 6.74. The van der Waals surface area contributed by atoms with Gasteiger partial charge in [0.1, 0.15) is 11.4 Å². The molecule has 0 atom stereocenters. The van der Waals surface area contributed by atoms with Crippen LogP contribution in [0.4, 0.5) is 0 Å². The molecule has 2 N–H and O–H groups in total. The summed E-state index contributed by atoms with van der Waals surface area (Å²) < 4.78 is 5.12. The van der Waals surface area contributed by atoms with E-state index in [2.05, 4.69) is 10.6 Å². The highest BCUT2D eigenvalue weighted by Gasteiger charge is 2.15. The molecule has 3 aromatic rings. The Kier molecular flexibility index (Phi) is 8.27. The van der Waals surface area contributed by atoms with Crippen LogP contribution in [0, 0.1) is 0 Å². The third kappa shape index (κ3) is 6.98. The second kappa shape index (κ2) is 11.3. The molecule has 0 aliphatic rings. The van der Waals surface area contributed by atoms with Crippen LogP contribution in [0.5, 0.6) is 5.75 Å². The maximum Gasteiger partial charge on any atom is 0.267 e. The molecule has 0 fully saturated rings. The van der Waals surface area contributed by atoms with Gasteiger partial charge in [0.2, 0.25) is 0 Å². The number of amides is 2. The van der Waals surface area contributed by atoms with Crippen molar-refractivity contribution in [2.75, 3.05) is 13.7 Å². The molecule has 5 nitrogen and oxygen atoms in total. The van der Waals surface area contributed by atoms with Gasteiger partial charge in [0, 0.05) is 22.0 Å². The Morgan fingerprint density at radius 3 is 2.45 bits per heavy atom. The van der Waals surface area contributed by atoms with E-state index in [1.807, 2.05) is 41.8 Å². The van der Waals surface area contributed by atoms with Crippen molar-refractivity contribution in [3.8, 4) is 5.75 Å². The summed E-state index contributed by atoms with van der Waals surface area (Å²) in [5, 5.41) is 8.24. The van der Waals surface area contributed by atoms with Crippen LogP contribution in [0.3, 0.4) is 0 Å². The molecule has 0 aliphatic heterocycles. The van der Waals surface area contributed by atoms with Crippen LogP contribution in [0.1, 0.15) is 27.2 Å². The molecule has 0 spiro atoms. The molecule has 0 radical (unpaired) electrons. The molecular weight excluding hydrogens is 432 g/mol. The second-order valence-corrected chi connectivity index (χ2v) is 8.16. The van der Waals surface area contributed by atoms with Gasteiger partial charge >= 0.3 is 0 Å². The first-order chi connectivity index (χ1) is 15.0. The monoisotopic (exact) mass is 454 g/mol. The molecule has 160 valence electrons. The summed E-state index contributed by atoms with van der Waals surface area (Å²) in [6, 6.07) is 18.1. The quantitative estimate of drug-likeness (QED) is 0.356. The first-order valence-electron chi connectivity index (χ1n) is 9.78. The number of benzene rings is 2. The first kappa shape index (κ1) is 22.6. The molecule has 1 heterocycles. The average molecular weight is 455 g/mol. The lowest BCUT2D eigenvalue weighted by molar-refractivity contribution is -0.117. The number of nitrogens with one attached hydrogen (secondary N) is 2. The highest BCUT2D eigenvalue weighted by molar-refractivity contribution is 7.10. The van der Waals surface area contributed by atoms with Crippen LogP contribution in [0.25, 0.3) is 6.08 Å². The highest BCUT2D eigenvalue weighted by atomic mass is 35.5. The molecule has 0 saturated heterocycles. The van der Waals surface area contributed by atoms with E-state index in [1.54, 1.807) is 37.5 Å². The van der Waals surface area contributed by atoms with E-state index in [0.717, 1.165) is 23.3 Å². The zero-order valence-corrected chi connectivity index (χ0v) is 18.6. The van der Waals surface area contributed by atoms with E-state index >= 15 is 0 Å². The standard InChI is InChI=1S/C24H23ClN2O3S/c1-30-20-12-8-18(9-13-20)23(28)27-22(16-21-5-3-15-31-21)24(29)26-14-2-4-17-6-10-19(25)11-7-17/h3,5-13,15-16H,2,4,14H2,1H3,(H,26,29)(H,27,28)/b22-16-. The Labute approximate surface area is 190 Å². The molecule has 7 heteroatoms. The highest BCUT2D eigenvalue weighted by Crippen LogP contribution is 2.15.